The Kier molecular flexibility index (Phi) is 8.54. The van der Waals surface area contributed by atoms with Gasteiger partial charge < -0.3 is 4.74 Å². The van der Waals surface area contributed by atoms with Gasteiger partial charge in [0.25, 0.3) is 0 Å². The maximum atomic E-state index is 14.9. The van der Waals surface area contributed by atoms with E-state index in [-0.39, 0.29) is 18.6 Å². The van der Waals surface area contributed by atoms with Gasteiger partial charge in [-0.1, -0.05) is 57.2 Å². The second-order valence-corrected chi connectivity index (χ2v) is 8.59. The number of hydrogen-bond acceptors (Lipinski definition) is 1. The van der Waals surface area contributed by atoms with Crippen LogP contribution in [0, 0.1) is 36.0 Å². The minimum Gasteiger partial charge on any atom is -0.429 e. The summed E-state index contributed by atoms with van der Waals surface area (Å²) in [6.45, 7) is 3.14. The van der Waals surface area contributed by atoms with Gasteiger partial charge in [-0.15, -0.1) is 0 Å². The van der Waals surface area contributed by atoms with E-state index in [0.29, 0.717) is 29.8 Å². The number of ether oxygens (including phenoxy) is 1. The molecule has 0 saturated heterocycles. The van der Waals surface area contributed by atoms with Crippen molar-refractivity contribution in [2.24, 2.45) is 0 Å². The lowest BCUT2D eigenvalue weighted by atomic mass is 9.97. The molecule has 0 heterocycles. The SMILES string of the molecule is C.CCCc1ccc(-c2ccc(-c3cc(F)c(C(F)(F)Oc4cc(F)c(C)c(F)c4)c(F)c3)c(F)c2)cc1. The van der Waals surface area contributed by atoms with Crippen LogP contribution >= 0.6 is 0 Å². The summed E-state index contributed by atoms with van der Waals surface area (Å²) < 4.78 is 105. The Morgan fingerprint density at radius 1 is 0.658 bits per heavy atom. The molecule has 4 rings (SSSR count). The first-order valence-corrected chi connectivity index (χ1v) is 11.4. The van der Waals surface area contributed by atoms with E-state index in [9.17, 15) is 30.7 Å². The highest BCUT2D eigenvalue weighted by molar-refractivity contribution is 5.71. The summed E-state index contributed by atoms with van der Waals surface area (Å²) in [6.07, 6.45) is -2.73. The molecule has 4 aromatic carbocycles. The zero-order valence-electron chi connectivity index (χ0n) is 19.8. The topological polar surface area (TPSA) is 9.23 Å². The summed E-state index contributed by atoms with van der Waals surface area (Å²) in [5.74, 6) is -7.55. The molecule has 0 aliphatic carbocycles. The fourth-order valence-corrected chi connectivity index (χ4v) is 3.97. The zero-order chi connectivity index (χ0) is 26.9. The van der Waals surface area contributed by atoms with Crippen LogP contribution in [0.25, 0.3) is 22.3 Å². The number of benzene rings is 4. The summed E-state index contributed by atoms with van der Waals surface area (Å²) >= 11 is 0. The van der Waals surface area contributed by atoms with E-state index in [0.717, 1.165) is 30.9 Å². The van der Waals surface area contributed by atoms with E-state index in [1.807, 2.05) is 24.3 Å². The van der Waals surface area contributed by atoms with Crippen LogP contribution in [0.2, 0.25) is 0 Å². The van der Waals surface area contributed by atoms with Gasteiger partial charge in [0.1, 0.15) is 40.4 Å². The highest BCUT2D eigenvalue weighted by atomic mass is 19.3. The van der Waals surface area contributed by atoms with E-state index in [1.54, 1.807) is 6.07 Å². The average Bonchev–Trinajstić information content (AvgIpc) is 2.82. The summed E-state index contributed by atoms with van der Waals surface area (Å²) in [5.41, 5.74) is -0.335. The van der Waals surface area contributed by atoms with Gasteiger partial charge in [-0.05, 0) is 53.8 Å². The molecule has 0 saturated carbocycles. The smallest absolute Gasteiger partial charge is 0.429 e. The lowest BCUT2D eigenvalue weighted by Gasteiger charge is -2.20. The predicted octanol–water partition coefficient (Wildman–Crippen LogP) is 9.74. The third-order valence-electron chi connectivity index (χ3n) is 5.94. The highest BCUT2D eigenvalue weighted by Crippen LogP contribution is 2.38. The van der Waals surface area contributed by atoms with E-state index in [2.05, 4.69) is 11.7 Å². The maximum absolute atomic E-state index is 14.9. The number of alkyl halides is 2. The molecule has 0 N–H and O–H groups in total. The summed E-state index contributed by atoms with van der Waals surface area (Å²) in [4.78, 5) is 0. The van der Waals surface area contributed by atoms with E-state index < -0.39 is 52.1 Å². The summed E-state index contributed by atoms with van der Waals surface area (Å²) in [7, 11) is 0. The number of rotatable bonds is 7. The first-order chi connectivity index (χ1) is 17.5. The van der Waals surface area contributed by atoms with Gasteiger partial charge >= 0.3 is 6.11 Å². The molecule has 0 aliphatic heterocycles. The van der Waals surface area contributed by atoms with Gasteiger partial charge in [-0.2, -0.15) is 8.78 Å². The van der Waals surface area contributed by atoms with Crippen LogP contribution in [0.5, 0.6) is 5.75 Å². The Morgan fingerprint density at radius 3 is 1.71 bits per heavy atom. The molecule has 200 valence electrons. The monoisotopic (exact) mass is 534 g/mol. The van der Waals surface area contributed by atoms with Crippen LogP contribution in [0.15, 0.2) is 66.7 Å². The van der Waals surface area contributed by atoms with Crippen LogP contribution in [-0.2, 0) is 12.5 Å². The van der Waals surface area contributed by atoms with Crippen molar-refractivity contribution in [1.82, 2.24) is 0 Å². The molecule has 0 spiro atoms. The van der Waals surface area contributed by atoms with E-state index in [4.69, 9.17) is 0 Å². The number of hydrogen-bond donors (Lipinski definition) is 0. The third-order valence-corrected chi connectivity index (χ3v) is 5.94. The van der Waals surface area contributed by atoms with Crippen LogP contribution in [0.4, 0.5) is 30.7 Å². The largest absolute Gasteiger partial charge is 0.432 e. The van der Waals surface area contributed by atoms with Crippen molar-refractivity contribution < 1.29 is 35.5 Å². The Morgan fingerprint density at radius 2 is 1.18 bits per heavy atom. The molecule has 38 heavy (non-hydrogen) atoms. The molecule has 0 aromatic heterocycles. The first-order valence-electron chi connectivity index (χ1n) is 11.4. The number of aryl methyl sites for hydroxylation is 1. The second-order valence-electron chi connectivity index (χ2n) is 8.59. The second kappa shape index (κ2) is 11.3. The van der Waals surface area contributed by atoms with E-state index in [1.165, 1.54) is 12.1 Å². The molecule has 0 unspecified atom stereocenters. The molecule has 0 fully saturated rings. The Balaban J connectivity index is 0.00000400. The van der Waals surface area contributed by atoms with Crippen LogP contribution in [0.3, 0.4) is 0 Å². The minimum atomic E-state index is -4.62. The van der Waals surface area contributed by atoms with Crippen molar-refractivity contribution in [3.8, 4) is 28.0 Å². The standard InChI is InChI=1S/C29H21F7O.CH4/c1-3-4-17-5-7-18(8-6-17)19-9-10-22(25(32)11-19)20-12-26(33)28(27(34)13-20)29(35,36)37-21-14-23(30)16(2)24(31)15-21;/h5-15H,3-4H2,1-2H3;1H4. The lowest BCUT2D eigenvalue weighted by molar-refractivity contribution is -0.189. The molecule has 0 atom stereocenters. The van der Waals surface area contributed by atoms with Crippen molar-refractivity contribution >= 4 is 0 Å². The van der Waals surface area contributed by atoms with Crippen molar-refractivity contribution in [3.05, 3.63) is 113 Å². The van der Waals surface area contributed by atoms with Gasteiger partial charge in [0.05, 0.1) is 0 Å². The molecule has 0 bridgehead atoms. The summed E-state index contributed by atoms with van der Waals surface area (Å²) in [5, 5.41) is 0. The van der Waals surface area contributed by atoms with Gasteiger partial charge in [0.2, 0.25) is 0 Å². The molecular formula is C30H25F7O. The van der Waals surface area contributed by atoms with Crippen molar-refractivity contribution in [2.45, 2.75) is 40.2 Å². The maximum Gasteiger partial charge on any atom is 0.432 e. The molecular weight excluding hydrogens is 509 g/mol. The van der Waals surface area contributed by atoms with Gasteiger partial charge in [-0.25, -0.2) is 22.0 Å². The molecule has 1 nitrogen and oxygen atoms in total. The minimum absolute atomic E-state index is 0. The van der Waals surface area contributed by atoms with Gasteiger partial charge in [0.15, 0.2) is 0 Å². The van der Waals surface area contributed by atoms with Crippen molar-refractivity contribution in [2.75, 3.05) is 0 Å². The fourth-order valence-electron chi connectivity index (χ4n) is 3.97. The van der Waals surface area contributed by atoms with Gasteiger partial charge in [-0.3, -0.25) is 0 Å². The Hall–Kier alpha value is -3.81. The van der Waals surface area contributed by atoms with Crippen LogP contribution in [-0.4, -0.2) is 0 Å². The Labute approximate surface area is 216 Å². The van der Waals surface area contributed by atoms with Crippen molar-refractivity contribution in [1.29, 1.82) is 0 Å². The molecule has 0 aliphatic rings. The highest BCUT2D eigenvalue weighted by Gasteiger charge is 2.41. The first kappa shape index (κ1) is 28.8. The zero-order valence-corrected chi connectivity index (χ0v) is 19.8. The predicted molar refractivity (Wildman–Crippen MR) is 134 cm³/mol. The average molecular weight is 535 g/mol. The molecule has 0 amide bonds. The van der Waals surface area contributed by atoms with Crippen molar-refractivity contribution in [3.63, 3.8) is 0 Å². The molecule has 8 heteroatoms. The van der Waals surface area contributed by atoms with Gasteiger partial charge in [0, 0.05) is 23.3 Å². The summed E-state index contributed by atoms with van der Waals surface area (Å²) in [6, 6.07) is 13.6. The third kappa shape index (κ3) is 5.85. The fraction of sp³-hybridized carbons (Fsp3) is 0.200. The number of halogens is 7. The van der Waals surface area contributed by atoms with E-state index >= 15 is 0 Å². The normalized spacial score (nSPS) is 11.3. The quantitative estimate of drug-likeness (QED) is 0.215. The van der Waals surface area contributed by atoms with Crippen LogP contribution < -0.4 is 4.74 Å². The lowest BCUT2D eigenvalue weighted by Crippen LogP contribution is -2.25. The Bertz CT molecular complexity index is 1400. The van der Waals surface area contributed by atoms with Crippen LogP contribution in [0.1, 0.15) is 37.5 Å². The molecule has 4 aromatic rings. The molecule has 0 radical (unpaired) electrons.